The first kappa shape index (κ1) is 16.6. The normalized spacial score (nSPS) is 11.0. The molecule has 1 heterocycles. The highest BCUT2D eigenvalue weighted by atomic mass is 79.9. The van der Waals surface area contributed by atoms with Crippen molar-refractivity contribution in [1.82, 2.24) is 5.32 Å². The number of rotatable bonds is 7. The van der Waals surface area contributed by atoms with E-state index in [0.717, 1.165) is 27.4 Å². The van der Waals surface area contributed by atoms with Gasteiger partial charge in [0.15, 0.2) is 0 Å². The number of hydrogen-bond donors (Lipinski definition) is 2. The van der Waals surface area contributed by atoms with Gasteiger partial charge in [0.25, 0.3) is 5.91 Å². The van der Waals surface area contributed by atoms with Crippen LogP contribution in [0.1, 0.15) is 28.9 Å². The van der Waals surface area contributed by atoms with Crippen LogP contribution in [-0.2, 0) is 0 Å². The number of hydrogen-bond acceptors (Lipinski definition) is 4. The minimum Gasteiger partial charge on any atom is -0.397 e. The van der Waals surface area contributed by atoms with Crippen LogP contribution < -0.4 is 11.1 Å². The van der Waals surface area contributed by atoms with Gasteiger partial charge in [-0.3, -0.25) is 4.79 Å². The van der Waals surface area contributed by atoms with Crippen LogP contribution >= 0.6 is 39.0 Å². The molecule has 2 aromatic rings. The number of nitrogens with two attached hydrogens (primary N) is 1. The second-order valence-corrected chi connectivity index (χ2v) is 7.75. The highest BCUT2D eigenvalue weighted by Gasteiger charge is 2.15. The zero-order valence-electron chi connectivity index (χ0n) is 11.9. The molecular formula is C15H19BrN2OS2. The lowest BCUT2D eigenvalue weighted by molar-refractivity contribution is 0.0958. The smallest absolute Gasteiger partial charge is 0.263 e. The predicted molar refractivity (Wildman–Crippen MR) is 98.5 cm³/mol. The van der Waals surface area contributed by atoms with E-state index >= 15 is 0 Å². The molecule has 0 saturated heterocycles. The number of benzene rings is 1. The van der Waals surface area contributed by atoms with Gasteiger partial charge < -0.3 is 11.1 Å². The summed E-state index contributed by atoms with van der Waals surface area (Å²) in [6.07, 6.45) is 5.49. The van der Waals surface area contributed by atoms with Crippen LogP contribution in [-0.4, -0.2) is 24.5 Å². The number of carbonyl (C=O) groups excluding carboxylic acids is 1. The van der Waals surface area contributed by atoms with E-state index in [0.29, 0.717) is 17.1 Å². The maximum atomic E-state index is 12.2. The maximum absolute atomic E-state index is 12.2. The quantitative estimate of drug-likeness (QED) is 0.688. The Bertz CT molecular complexity index is 627. The van der Waals surface area contributed by atoms with Gasteiger partial charge in [0.2, 0.25) is 0 Å². The molecule has 0 spiro atoms. The van der Waals surface area contributed by atoms with Crippen molar-refractivity contribution in [2.75, 3.05) is 24.3 Å². The SMILES string of the molecule is CSCCCCCNC(=O)c1sc2ccc(Br)cc2c1N. The highest BCUT2D eigenvalue weighted by molar-refractivity contribution is 9.10. The third-order valence-electron chi connectivity index (χ3n) is 3.21. The second kappa shape index (κ2) is 8.06. The number of nitrogen functional groups attached to an aromatic ring is 1. The van der Waals surface area contributed by atoms with Crippen molar-refractivity contribution in [3.63, 3.8) is 0 Å². The fourth-order valence-electron chi connectivity index (χ4n) is 2.09. The summed E-state index contributed by atoms with van der Waals surface area (Å²) in [5.74, 6) is 1.13. The Morgan fingerprint density at radius 2 is 2.19 bits per heavy atom. The van der Waals surface area contributed by atoms with E-state index in [1.807, 2.05) is 30.0 Å². The summed E-state index contributed by atoms with van der Waals surface area (Å²) in [4.78, 5) is 12.8. The van der Waals surface area contributed by atoms with Gasteiger partial charge in [0.1, 0.15) is 4.88 Å². The van der Waals surface area contributed by atoms with E-state index < -0.39 is 0 Å². The van der Waals surface area contributed by atoms with Crippen molar-refractivity contribution >= 4 is 60.7 Å². The van der Waals surface area contributed by atoms with Crippen molar-refractivity contribution in [2.45, 2.75) is 19.3 Å². The first-order chi connectivity index (χ1) is 10.1. The van der Waals surface area contributed by atoms with Gasteiger partial charge in [0.05, 0.1) is 5.69 Å². The Morgan fingerprint density at radius 1 is 1.38 bits per heavy atom. The molecule has 3 nitrogen and oxygen atoms in total. The molecule has 6 heteroatoms. The predicted octanol–water partition coefficient (Wildman–Crippen LogP) is 4.51. The Balaban J connectivity index is 1.95. The number of thioether (sulfide) groups is 1. The van der Waals surface area contributed by atoms with Crippen LogP contribution in [0.4, 0.5) is 5.69 Å². The largest absolute Gasteiger partial charge is 0.397 e. The van der Waals surface area contributed by atoms with Gasteiger partial charge in [-0.25, -0.2) is 0 Å². The maximum Gasteiger partial charge on any atom is 0.263 e. The third-order valence-corrected chi connectivity index (χ3v) is 5.58. The lowest BCUT2D eigenvalue weighted by atomic mass is 10.2. The van der Waals surface area contributed by atoms with Crippen LogP contribution in [0.15, 0.2) is 22.7 Å². The summed E-state index contributed by atoms with van der Waals surface area (Å²) in [6, 6.07) is 5.91. The van der Waals surface area contributed by atoms with Crippen LogP contribution in [0.5, 0.6) is 0 Å². The molecule has 21 heavy (non-hydrogen) atoms. The van der Waals surface area contributed by atoms with E-state index in [1.54, 1.807) is 0 Å². The van der Waals surface area contributed by atoms with Crippen LogP contribution in [0.3, 0.4) is 0 Å². The fraction of sp³-hybridized carbons (Fsp3) is 0.400. The van der Waals surface area contributed by atoms with Crippen LogP contribution in [0.25, 0.3) is 10.1 Å². The molecule has 0 saturated carbocycles. The average Bonchev–Trinajstić information content (AvgIpc) is 2.79. The molecule has 0 unspecified atom stereocenters. The van der Waals surface area contributed by atoms with Crippen LogP contribution in [0, 0.1) is 0 Å². The highest BCUT2D eigenvalue weighted by Crippen LogP contribution is 2.35. The second-order valence-electron chi connectivity index (χ2n) is 4.79. The molecule has 0 aliphatic rings. The van der Waals surface area contributed by atoms with Crippen LogP contribution in [0.2, 0.25) is 0 Å². The Hall–Kier alpha value is -0.720. The van der Waals surface area contributed by atoms with Crippen molar-refractivity contribution < 1.29 is 4.79 Å². The molecule has 0 fully saturated rings. The van der Waals surface area contributed by atoms with Crippen molar-refractivity contribution in [3.8, 4) is 0 Å². The molecule has 2 rings (SSSR count). The standard InChI is InChI=1S/C15H19BrN2OS2/c1-20-8-4-2-3-7-18-15(19)14-13(17)11-9-10(16)5-6-12(11)21-14/h5-6,9H,2-4,7-8,17H2,1H3,(H,18,19). The van der Waals surface area contributed by atoms with Gasteiger partial charge in [-0.1, -0.05) is 22.4 Å². The Kier molecular flexibility index (Phi) is 6.39. The van der Waals surface area contributed by atoms with Crippen molar-refractivity contribution in [1.29, 1.82) is 0 Å². The number of thiophene rings is 1. The topological polar surface area (TPSA) is 55.1 Å². The molecule has 0 atom stereocenters. The number of anilines is 1. The number of unbranched alkanes of at least 4 members (excludes halogenated alkanes) is 2. The number of fused-ring (bicyclic) bond motifs is 1. The summed E-state index contributed by atoms with van der Waals surface area (Å²) in [5, 5.41) is 3.91. The summed E-state index contributed by atoms with van der Waals surface area (Å²) in [5.41, 5.74) is 6.68. The molecular weight excluding hydrogens is 368 g/mol. The molecule has 0 radical (unpaired) electrons. The molecule has 1 aromatic heterocycles. The summed E-state index contributed by atoms with van der Waals surface area (Å²) in [6.45, 7) is 0.713. The fourth-order valence-corrected chi connectivity index (χ4v) is 3.96. The van der Waals surface area contributed by atoms with Gasteiger partial charge in [-0.15, -0.1) is 11.3 Å². The third kappa shape index (κ3) is 4.37. The minimum atomic E-state index is -0.0605. The number of halogens is 1. The first-order valence-electron chi connectivity index (χ1n) is 6.88. The molecule has 0 bridgehead atoms. The molecule has 1 aromatic carbocycles. The molecule has 3 N–H and O–H groups in total. The minimum absolute atomic E-state index is 0.0605. The number of carbonyl (C=O) groups is 1. The Labute approximate surface area is 141 Å². The molecule has 1 amide bonds. The number of amides is 1. The number of nitrogens with one attached hydrogen (secondary N) is 1. The zero-order chi connectivity index (χ0) is 15.2. The van der Waals surface area contributed by atoms with E-state index in [4.69, 9.17) is 5.73 Å². The van der Waals surface area contributed by atoms with E-state index in [9.17, 15) is 4.79 Å². The van der Waals surface area contributed by atoms with Crippen molar-refractivity contribution in [2.24, 2.45) is 0 Å². The first-order valence-corrected chi connectivity index (χ1v) is 9.88. The summed E-state index contributed by atoms with van der Waals surface area (Å²) in [7, 11) is 0. The Morgan fingerprint density at radius 3 is 2.95 bits per heavy atom. The zero-order valence-corrected chi connectivity index (χ0v) is 15.2. The lowest BCUT2D eigenvalue weighted by Gasteiger charge is -2.04. The van der Waals surface area contributed by atoms with Gasteiger partial charge in [-0.05, 0) is 43.0 Å². The monoisotopic (exact) mass is 386 g/mol. The summed E-state index contributed by atoms with van der Waals surface area (Å²) < 4.78 is 2.01. The van der Waals surface area contributed by atoms with Gasteiger partial charge in [0, 0.05) is 21.1 Å². The molecule has 0 aliphatic heterocycles. The lowest BCUT2D eigenvalue weighted by Crippen LogP contribution is -2.24. The summed E-state index contributed by atoms with van der Waals surface area (Å²) >= 11 is 6.75. The van der Waals surface area contributed by atoms with Crippen molar-refractivity contribution in [3.05, 3.63) is 27.5 Å². The van der Waals surface area contributed by atoms with Gasteiger partial charge >= 0.3 is 0 Å². The molecule has 0 aliphatic carbocycles. The van der Waals surface area contributed by atoms with E-state index in [2.05, 4.69) is 27.5 Å². The van der Waals surface area contributed by atoms with E-state index in [1.165, 1.54) is 23.5 Å². The average molecular weight is 387 g/mol. The van der Waals surface area contributed by atoms with E-state index in [-0.39, 0.29) is 5.91 Å². The molecule has 114 valence electrons. The van der Waals surface area contributed by atoms with Gasteiger partial charge in [-0.2, -0.15) is 11.8 Å².